The SMILES string of the molecule is Cc1cccc(N2C(=O)N(Cc3ccccc3C(F)(F)F)c3ccccc3S2(=O)=O)c1. The van der Waals surface area contributed by atoms with E-state index in [2.05, 4.69) is 0 Å². The molecule has 2 amide bonds. The minimum Gasteiger partial charge on any atom is -0.287 e. The number of fused-ring (bicyclic) bond motifs is 1. The summed E-state index contributed by atoms with van der Waals surface area (Å²) in [7, 11) is -4.25. The first-order chi connectivity index (χ1) is 14.6. The molecule has 0 fully saturated rings. The number of aryl methyl sites for hydroxylation is 1. The Bertz CT molecular complexity index is 1270. The molecule has 3 aromatic carbocycles. The molecular weight excluding hydrogens is 429 g/mol. The van der Waals surface area contributed by atoms with Crippen molar-refractivity contribution in [1.82, 2.24) is 0 Å². The van der Waals surface area contributed by atoms with Gasteiger partial charge in [0.05, 0.1) is 23.5 Å². The van der Waals surface area contributed by atoms with E-state index in [0.717, 1.165) is 16.5 Å². The molecule has 0 saturated carbocycles. The Hall–Kier alpha value is -3.33. The van der Waals surface area contributed by atoms with E-state index in [1.807, 2.05) is 0 Å². The Morgan fingerprint density at radius 2 is 1.58 bits per heavy atom. The lowest BCUT2D eigenvalue weighted by molar-refractivity contribution is -0.138. The number of alkyl halides is 3. The smallest absolute Gasteiger partial charge is 0.287 e. The molecular formula is C22H17F3N2O3S. The van der Waals surface area contributed by atoms with Gasteiger partial charge >= 0.3 is 12.2 Å². The van der Waals surface area contributed by atoms with Crippen molar-refractivity contribution in [3.63, 3.8) is 0 Å². The van der Waals surface area contributed by atoms with Gasteiger partial charge in [-0.05, 0) is 48.4 Å². The van der Waals surface area contributed by atoms with E-state index in [4.69, 9.17) is 0 Å². The number of sulfonamides is 1. The fraction of sp³-hybridized carbons (Fsp3) is 0.136. The Balaban J connectivity index is 1.89. The third kappa shape index (κ3) is 3.65. The van der Waals surface area contributed by atoms with Crippen LogP contribution in [0.15, 0.2) is 77.7 Å². The topological polar surface area (TPSA) is 57.7 Å². The van der Waals surface area contributed by atoms with Gasteiger partial charge in [0.25, 0.3) is 10.0 Å². The summed E-state index contributed by atoms with van der Waals surface area (Å²) in [6, 6.07) is 16.1. The Morgan fingerprint density at radius 1 is 0.903 bits per heavy atom. The van der Waals surface area contributed by atoms with Gasteiger partial charge < -0.3 is 0 Å². The monoisotopic (exact) mass is 446 g/mol. The standard InChI is InChI=1S/C22H17F3N2O3S/c1-15-7-6-9-17(13-15)27-21(28)26(19-11-4-5-12-20(19)31(27,29)30)14-16-8-2-3-10-18(16)22(23,24)25/h2-13H,14H2,1H3. The molecule has 0 saturated heterocycles. The van der Waals surface area contributed by atoms with E-state index in [-0.39, 0.29) is 21.8 Å². The van der Waals surface area contributed by atoms with Crippen LogP contribution in [0.2, 0.25) is 0 Å². The number of benzene rings is 3. The van der Waals surface area contributed by atoms with Crippen molar-refractivity contribution >= 4 is 27.4 Å². The maximum absolute atomic E-state index is 13.5. The van der Waals surface area contributed by atoms with E-state index >= 15 is 0 Å². The van der Waals surface area contributed by atoms with Gasteiger partial charge in [-0.2, -0.15) is 17.5 Å². The van der Waals surface area contributed by atoms with Crippen LogP contribution in [0, 0.1) is 6.92 Å². The number of carbonyl (C=O) groups is 1. The minimum atomic E-state index is -4.61. The van der Waals surface area contributed by atoms with E-state index in [0.29, 0.717) is 4.31 Å². The van der Waals surface area contributed by atoms with Gasteiger partial charge in [-0.25, -0.2) is 13.2 Å². The van der Waals surface area contributed by atoms with Gasteiger partial charge in [0.2, 0.25) is 0 Å². The number of amides is 2. The highest BCUT2D eigenvalue weighted by atomic mass is 32.2. The first kappa shape index (κ1) is 20.9. The van der Waals surface area contributed by atoms with Crippen LogP contribution in [0.25, 0.3) is 0 Å². The zero-order valence-electron chi connectivity index (χ0n) is 16.3. The number of nitrogens with zero attached hydrogens (tertiary/aromatic N) is 2. The quantitative estimate of drug-likeness (QED) is 0.545. The molecule has 0 N–H and O–H groups in total. The number of hydrogen-bond donors (Lipinski definition) is 0. The van der Waals surface area contributed by atoms with Crippen molar-refractivity contribution in [2.24, 2.45) is 0 Å². The maximum atomic E-state index is 13.5. The van der Waals surface area contributed by atoms with Crippen molar-refractivity contribution < 1.29 is 26.4 Å². The summed E-state index contributed by atoms with van der Waals surface area (Å²) in [5.41, 5.74) is -0.132. The van der Waals surface area contributed by atoms with Crippen molar-refractivity contribution in [2.45, 2.75) is 24.5 Å². The van der Waals surface area contributed by atoms with E-state index in [1.165, 1.54) is 54.6 Å². The van der Waals surface area contributed by atoms with E-state index < -0.39 is 34.3 Å². The second kappa shape index (κ2) is 7.42. The van der Waals surface area contributed by atoms with Crippen LogP contribution in [-0.4, -0.2) is 14.4 Å². The number of urea groups is 1. The number of rotatable bonds is 3. The molecule has 0 bridgehead atoms. The molecule has 9 heteroatoms. The van der Waals surface area contributed by atoms with Crippen LogP contribution in [0.1, 0.15) is 16.7 Å². The lowest BCUT2D eigenvalue weighted by Gasteiger charge is -2.36. The fourth-order valence-corrected chi connectivity index (χ4v) is 5.16. The lowest BCUT2D eigenvalue weighted by atomic mass is 10.1. The summed E-state index contributed by atoms with van der Waals surface area (Å²) >= 11 is 0. The number of carbonyl (C=O) groups excluding carboxylic acids is 1. The van der Waals surface area contributed by atoms with E-state index in [9.17, 15) is 26.4 Å². The molecule has 160 valence electrons. The summed E-state index contributed by atoms with van der Waals surface area (Å²) in [4.78, 5) is 14.3. The van der Waals surface area contributed by atoms with Crippen LogP contribution in [0.4, 0.5) is 29.3 Å². The first-order valence-electron chi connectivity index (χ1n) is 9.28. The normalized spacial score (nSPS) is 15.7. The van der Waals surface area contributed by atoms with Gasteiger partial charge in [0, 0.05) is 0 Å². The second-order valence-corrected chi connectivity index (χ2v) is 8.85. The number of anilines is 2. The third-order valence-electron chi connectivity index (χ3n) is 4.97. The maximum Gasteiger partial charge on any atom is 0.416 e. The summed E-state index contributed by atoms with van der Waals surface area (Å²) in [6.45, 7) is 1.30. The molecule has 5 nitrogen and oxygen atoms in total. The molecule has 3 aromatic rings. The Labute approximate surface area is 177 Å². The average Bonchev–Trinajstić information content (AvgIpc) is 2.71. The van der Waals surface area contributed by atoms with Gasteiger partial charge in [0.15, 0.2) is 0 Å². The predicted molar refractivity (Wildman–Crippen MR) is 110 cm³/mol. The zero-order valence-corrected chi connectivity index (χ0v) is 17.1. The lowest BCUT2D eigenvalue weighted by Crippen LogP contribution is -2.50. The summed E-state index contributed by atoms with van der Waals surface area (Å²) in [6.07, 6.45) is -4.61. The third-order valence-corrected chi connectivity index (χ3v) is 6.72. The summed E-state index contributed by atoms with van der Waals surface area (Å²) in [5, 5.41) is 0. The highest BCUT2D eigenvalue weighted by Gasteiger charge is 2.43. The molecule has 0 aliphatic carbocycles. The minimum absolute atomic E-state index is 0.0355. The highest BCUT2D eigenvalue weighted by Crippen LogP contribution is 2.39. The molecule has 31 heavy (non-hydrogen) atoms. The van der Waals surface area contributed by atoms with Gasteiger partial charge in [-0.15, -0.1) is 0 Å². The summed E-state index contributed by atoms with van der Waals surface area (Å²) in [5.74, 6) is 0. The summed E-state index contributed by atoms with van der Waals surface area (Å²) < 4.78 is 67.6. The molecule has 0 atom stereocenters. The molecule has 0 radical (unpaired) electrons. The van der Waals surface area contributed by atoms with Crippen molar-refractivity contribution in [3.05, 3.63) is 89.5 Å². The van der Waals surface area contributed by atoms with Crippen LogP contribution in [0.5, 0.6) is 0 Å². The molecule has 0 spiro atoms. The number of para-hydroxylation sites is 1. The number of halogens is 3. The van der Waals surface area contributed by atoms with Crippen LogP contribution >= 0.6 is 0 Å². The first-order valence-corrected chi connectivity index (χ1v) is 10.7. The fourth-order valence-electron chi connectivity index (χ4n) is 3.57. The molecule has 4 rings (SSSR count). The molecule has 1 aliphatic heterocycles. The van der Waals surface area contributed by atoms with Crippen LogP contribution in [0.3, 0.4) is 0 Å². The Kier molecular flexibility index (Phi) is 5.01. The molecule has 0 aromatic heterocycles. The Morgan fingerprint density at radius 3 is 2.29 bits per heavy atom. The largest absolute Gasteiger partial charge is 0.416 e. The van der Waals surface area contributed by atoms with E-state index in [1.54, 1.807) is 19.1 Å². The molecule has 0 unspecified atom stereocenters. The van der Waals surface area contributed by atoms with Gasteiger partial charge in [0.1, 0.15) is 4.90 Å². The predicted octanol–water partition coefficient (Wildman–Crippen LogP) is 5.35. The zero-order chi connectivity index (χ0) is 22.4. The molecule has 1 aliphatic rings. The number of hydrogen-bond acceptors (Lipinski definition) is 3. The van der Waals surface area contributed by atoms with Gasteiger partial charge in [-0.3, -0.25) is 4.90 Å². The average molecular weight is 446 g/mol. The molecule has 1 heterocycles. The van der Waals surface area contributed by atoms with Gasteiger partial charge in [-0.1, -0.05) is 42.5 Å². The van der Waals surface area contributed by atoms with Crippen molar-refractivity contribution in [2.75, 3.05) is 9.21 Å². The van der Waals surface area contributed by atoms with Crippen molar-refractivity contribution in [1.29, 1.82) is 0 Å². The highest BCUT2D eigenvalue weighted by molar-refractivity contribution is 7.94. The second-order valence-electron chi connectivity index (χ2n) is 7.10. The van der Waals surface area contributed by atoms with Crippen molar-refractivity contribution in [3.8, 4) is 0 Å². The van der Waals surface area contributed by atoms with Crippen LogP contribution in [-0.2, 0) is 22.7 Å². The van der Waals surface area contributed by atoms with Crippen LogP contribution < -0.4 is 9.21 Å².